The van der Waals surface area contributed by atoms with Crippen LogP contribution in [0.2, 0.25) is 0 Å². The number of ether oxygens (including phenoxy) is 1. The quantitative estimate of drug-likeness (QED) is 0.159. The lowest BCUT2D eigenvalue weighted by Crippen LogP contribution is -2.37. The van der Waals surface area contributed by atoms with Crippen LogP contribution in [0.1, 0.15) is 60.7 Å². The van der Waals surface area contributed by atoms with E-state index in [0.717, 1.165) is 35.7 Å². The molecule has 2 heterocycles. The average Bonchev–Trinajstić information content (AvgIpc) is 3.32. The molecule has 3 aromatic rings. The number of benzene rings is 3. The molecule has 0 bridgehead atoms. The Morgan fingerprint density at radius 2 is 1.56 bits per heavy atom. The zero-order valence-corrected chi connectivity index (χ0v) is 24.4. The molecule has 1 atom stereocenters. The lowest BCUT2D eigenvalue weighted by atomic mass is 9.92. The van der Waals surface area contributed by atoms with E-state index in [9.17, 15) is 39.9 Å². The number of nitrogens with zero attached hydrogens (tertiary/aromatic N) is 2. The van der Waals surface area contributed by atoms with Gasteiger partial charge in [0, 0.05) is 54.9 Å². The van der Waals surface area contributed by atoms with Crippen molar-refractivity contribution in [3.8, 4) is 28.7 Å². The van der Waals surface area contributed by atoms with E-state index in [4.69, 9.17) is 4.74 Å². The summed E-state index contributed by atoms with van der Waals surface area (Å²) in [5.74, 6) is -5.14. The number of hydrogen-bond acceptors (Lipinski definition) is 10. The van der Waals surface area contributed by atoms with Crippen molar-refractivity contribution in [3.05, 3.63) is 46.5 Å². The van der Waals surface area contributed by atoms with E-state index in [-0.39, 0.29) is 53.3 Å². The second kappa shape index (κ2) is 13.2. The van der Waals surface area contributed by atoms with E-state index in [2.05, 4.69) is 4.90 Å². The molecule has 0 saturated carbocycles. The van der Waals surface area contributed by atoms with Crippen LogP contribution in [0.15, 0.2) is 24.3 Å². The van der Waals surface area contributed by atoms with Crippen molar-refractivity contribution in [1.29, 1.82) is 0 Å². The maximum atomic E-state index is 13.5. The number of aromatic hydroxyl groups is 5. The summed E-state index contributed by atoms with van der Waals surface area (Å²) in [7, 11) is 0. The van der Waals surface area contributed by atoms with Gasteiger partial charge in [-0.25, -0.2) is 0 Å². The Morgan fingerprint density at radius 3 is 2.19 bits per heavy atom. The summed E-state index contributed by atoms with van der Waals surface area (Å²) in [6.45, 7) is 9.38. The molecule has 230 valence electrons. The van der Waals surface area contributed by atoms with Gasteiger partial charge in [0.25, 0.3) is 5.91 Å². The molecule has 12 heteroatoms. The standard InChI is InChI=1S/C29H31N3O9.C2H6/c1-15(2-7-19(34)30-14-33)32-23-21-20(25(36)28(39)26(37)22(21)29(32)40)18(24(35)27(23)38)12-16-3-5-17(6-4-16)13-31-8-10-41-11-9-31;1-2/h3-6,14-15,35-39H,2,7-13H2,1H3,(H,30,33,34);1-2H3. The van der Waals surface area contributed by atoms with E-state index in [1.165, 1.54) is 0 Å². The molecule has 2 aliphatic rings. The van der Waals surface area contributed by atoms with Crippen molar-refractivity contribution < 1.29 is 44.7 Å². The second-order valence-corrected chi connectivity index (χ2v) is 10.3. The third kappa shape index (κ3) is 5.88. The highest BCUT2D eigenvalue weighted by Gasteiger charge is 2.42. The zero-order valence-electron chi connectivity index (χ0n) is 24.4. The van der Waals surface area contributed by atoms with Gasteiger partial charge in [0.05, 0.1) is 24.5 Å². The maximum absolute atomic E-state index is 13.5. The highest BCUT2D eigenvalue weighted by atomic mass is 16.5. The third-order valence-corrected chi connectivity index (χ3v) is 7.73. The largest absolute Gasteiger partial charge is 0.504 e. The molecule has 43 heavy (non-hydrogen) atoms. The van der Waals surface area contributed by atoms with Gasteiger partial charge in [0.1, 0.15) is 0 Å². The minimum Gasteiger partial charge on any atom is -0.504 e. The van der Waals surface area contributed by atoms with Crippen molar-refractivity contribution in [2.45, 2.75) is 52.6 Å². The predicted octanol–water partition coefficient (Wildman–Crippen LogP) is 3.22. The molecule has 1 unspecified atom stereocenters. The molecule has 2 aliphatic heterocycles. The number of nitrogens with one attached hydrogen (secondary N) is 1. The molecule has 6 N–H and O–H groups in total. The maximum Gasteiger partial charge on any atom is 0.263 e. The van der Waals surface area contributed by atoms with E-state index < -0.39 is 46.6 Å². The summed E-state index contributed by atoms with van der Waals surface area (Å²) in [6.07, 6.45) is 0.217. The first-order valence-electron chi connectivity index (χ1n) is 14.3. The van der Waals surface area contributed by atoms with Crippen molar-refractivity contribution >= 4 is 34.7 Å². The lowest BCUT2D eigenvalue weighted by Gasteiger charge is -2.27. The van der Waals surface area contributed by atoms with Crippen molar-refractivity contribution in [2.24, 2.45) is 0 Å². The molecule has 0 radical (unpaired) electrons. The summed E-state index contributed by atoms with van der Waals surface area (Å²) >= 11 is 0. The molecule has 5 rings (SSSR count). The van der Waals surface area contributed by atoms with Crippen LogP contribution in [-0.2, 0) is 27.3 Å². The van der Waals surface area contributed by atoms with Gasteiger partial charge in [-0.1, -0.05) is 38.1 Å². The van der Waals surface area contributed by atoms with Gasteiger partial charge in [0.15, 0.2) is 23.0 Å². The molecule has 1 saturated heterocycles. The van der Waals surface area contributed by atoms with Crippen LogP contribution in [0.5, 0.6) is 28.7 Å². The summed E-state index contributed by atoms with van der Waals surface area (Å²) in [6, 6.07) is 6.85. The summed E-state index contributed by atoms with van der Waals surface area (Å²) in [5.41, 5.74) is 1.36. The molecule has 0 aromatic heterocycles. The number of anilines is 1. The zero-order chi connectivity index (χ0) is 31.4. The number of phenols is 5. The number of carbonyl (C=O) groups is 3. The fraction of sp³-hybridized carbons (Fsp3) is 0.387. The molecule has 3 aromatic carbocycles. The molecule has 0 spiro atoms. The van der Waals surface area contributed by atoms with Crippen LogP contribution >= 0.6 is 0 Å². The van der Waals surface area contributed by atoms with Gasteiger partial charge in [-0.15, -0.1) is 0 Å². The number of morpholine rings is 1. The van der Waals surface area contributed by atoms with Crippen LogP contribution in [0.4, 0.5) is 5.69 Å². The monoisotopic (exact) mass is 595 g/mol. The third-order valence-electron chi connectivity index (χ3n) is 7.73. The first kappa shape index (κ1) is 31.4. The number of phenolic OH excluding ortho intramolecular Hbond substituents is 5. The highest BCUT2D eigenvalue weighted by Crippen LogP contribution is 2.58. The number of amides is 3. The molecular formula is C31H37N3O9. The number of imide groups is 1. The van der Waals surface area contributed by atoms with Crippen molar-refractivity contribution in [1.82, 2.24) is 10.2 Å². The second-order valence-electron chi connectivity index (χ2n) is 10.3. The summed E-state index contributed by atoms with van der Waals surface area (Å²) in [5, 5.41) is 56.3. The SMILES string of the molecule is CC.CC(CCC(=O)NC=O)N1C(=O)c2c(O)c(O)c(O)c3c(Cc4ccc(CN5CCOCC5)cc4)c(O)c(O)c1c23. The average molecular weight is 596 g/mol. The fourth-order valence-electron chi connectivity index (χ4n) is 5.58. The Labute approximate surface area is 248 Å². The minimum absolute atomic E-state index is 0.0266. The Bertz CT molecular complexity index is 1530. The van der Waals surface area contributed by atoms with Crippen LogP contribution in [-0.4, -0.2) is 81.0 Å². The van der Waals surface area contributed by atoms with Gasteiger partial charge < -0.3 is 35.2 Å². The van der Waals surface area contributed by atoms with E-state index in [0.29, 0.717) is 13.2 Å². The highest BCUT2D eigenvalue weighted by molar-refractivity contribution is 6.30. The van der Waals surface area contributed by atoms with Crippen LogP contribution in [0.3, 0.4) is 0 Å². The number of hydrogen-bond donors (Lipinski definition) is 6. The Hall–Kier alpha value is -4.55. The molecule has 3 amide bonds. The number of rotatable bonds is 9. The Kier molecular flexibility index (Phi) is 9.62. The molecule has 1 fully saturated rings. The van der Waals surface area contributed by atoms with Gasteiger partial charge in [-0.2, -0.15) is 0 Å². The Morgan fingerprint density at radius 1 is 0.930 bits per heavy atom. The van der Waals surface area contributed by atoms with Gasteiger partial charge in [-0.3, -0.25) is 24.6 Å². The normalized spacial score (nSPS) is 15.2. The van der Waals surface area contributed by atoms with Gasteiger partial charge in [-0.05, 0) is 24.5 Å². The first-order chi connectivity index (χ1) is 20.6. The van der Waals surface area contributed by atoms with Gasteiger partial charge >= 0.3 is 0 Å². The molecule has 0 aliphatic carbocycles. The van der Waals surface area contributed by atoms with E-state index in [1.807, 2.05) is 43.4 Å². The fourth-order valence-corrected chi connectivity index (χ4v) is 5.58. The van der Waals surface area contributed by atoms with Crippen LogP contribution < -0.4 is 10.2 Å². The van der Waals surface area contributed by atoms with Crippen LogP contribution in [0.25, 0.3) is 10.8 Å². The lowest BCUT2D eigenvalue weighted by molar-refractivity contribution is -0.125. The predicted molar refractivity (Wildman–Crippen MR) is 159 cm³/mol. The van der Waals surface area contributed by atoms with Crippen molar-refractivity contribution in [3.63, 3.8) is 0 Å². The first-order valence-corrected chi connectivity index (χ1v) is 14.3. The van der Waals surface area contributed by atoms with E-state index in [1.54, 1.807) is 6.92 Å². The van der Waals surface area contributed by atoms with Gasteiger partial charge in [0.2, 0.25) is 18.1 Å². The van der Waals surface area contributed by atoms with E-state index >= 15 is 0 Å². The molecular weight excluding hydrogens is 558 g/mol. The van der Waals surface area contributed by atoms with Crippen molar-refractivity contribution in [2.75, 3.05) is 31.2 Å². The van der Waals surface area contributed by atoms with Crippen LogP contribution in [0, 0.1) is 0 Å². The smallest absolute Gasteiger partial charge is 0.263 e. The summed E-state index contributed by atoms with van der Waals surface area (Å²) < 4.78 is 5.39. The topological polar surface area (TPSA) is 180 Å². The summed E-state index contributed by atoms with van der Waals surface area (Å²) in [4.78, 5) is 39.3. The number of carbonyl (C=O) groups excluding carboxylic acids is 3. The molecule has 12 nitrogen and oxygen atoms in total. The minimum atomic E-state index is -0.932. The Balaban J connectivity index is 0.00000207.